The highest BCUT2D eigenvalue weighted by molar-refractivity contribution is 9.10. The molecule has 1 saturated carbocycles. The van der Waals surface area contributed by atoms with E-state index in [0.717, 1.165) is 12.2 Å². The molecule has 2 aromatic rings. The van der Waals surface area contributed by atoms with Crippen molar-refractivity contribution in [1.82, 2.24) is 19.6 Å². The average Bonchev–Trinajstić information content (AvgIpc) is 3.16. The van der Waals surface area contributed by atoms with Crippen LogP contribution in [-0.2, 0) is 20.1 Å². The van der Waals surface area contributed by atoms with Crippen molar-refractivity contribution >= 4 is 21.6 Å². The van der Waals surface area contributed by atoms with E-state index in [1.54, 1.807) is 17.1 Å². The first-order valence-corrected chi connectivity index (χ1v) is 7.41. The van der Waals surface area contributed by atoms with Crippen molar-refractivity contribution in [1.29, 1.82) is 0 Å². The van der Waals surface area contributed by atoms with Gasteiger partial charge < -0.3 is 5.32 Å². The number of anilines is 1. The van der Waals surface area contributed by atoms with E-state index in [2.05, 4.69) is 31.4 Å². The minimum atomic E-state index is -0.0769. The van der Waals surface area contributed by atoms with Crippen LogP contribution in [0.1, 0.15) is 18.5 Å². The van der Waals surface area contributed by atoms with Crippen LogP contribution in [0, 0.1) is 5.92 Å². The lowest BCUT2D eigenvalue weighted by Crippen LogP contribution is -2.25. The summed E-state index contributed by atoms with van der Waals surface area (Å²) in [4.78, 5) is 12.2. The van der Waals surface area contributed by atoms with Gasteiger partial charge in [0.2, 0.25) is 0 Å². The van der Waals surface area contributed by atoms with E-state index in [0.29, 0.717) is 22.6 Å². The quantitative estimate of drug-likeness (QED) is 0.902. The molecule has 20 heavy (non-hydrogen) atoms. The first-order valence-electron chi connectivity index (χ1n) is 6.61. The Kier molecular flexibility index (Phi) is 3.60. The van der Waals surface area contributed by atoms with Crippen LogP contribution < -0.4 is 10.9 Å². The van der Waals surface area contributed by atoms with E-state index < -0.39 is 0 Å². The lowest BCUT2D eigenvalue weighted by Gasteiger charge is -2.10. The summed E-state index contributed by atoms with van der Waals surface area (Å²) in [5.41, 5.74) is 1.68. The molecule has 0 amide bonds. The van der Waals surface area contributed by atoms with E-state index in [-0.39, 0.29) is 5.56 Å². The highest BCUT2D eigenvalue weighted by Crippen LogP contribution is 2.30. The number of hydrogen-bond acceptors (Lipinski definition) is 4. The molecule has 0 aliphatic heterocycles. The average molecular weight is 338 g/mol. The standard InChI is InChI=1S/C13H16BrN5O/c1-18-10(4-5-16-18)6-15-11-7-17-19(8-9-2-3-9)13(20)12(11)14/h4-5,7,9,15H,2-3,6,8H2,1H3. The Morgan fingerprint density at radius 2 is 2.25 bits per heavy atom. The minimum absolute atomic E-state index is 0.0769. The number of halogens is 1. The van der Waals surface area contributed by atoms with Crippen molar-refractivity contribution in [2.75, 3.05) is 5.32 Å². The summed E-state index contributed by atoms with van der Waals surface area (Å²) in [5.74, 6) is 0.625. The number of hydrogen-bond donors (Lipinski definition) is 1. The van der Waals surface area contributed by atoms with E-state index in [1.165, 1.54) is 17.5 Å². The molecule has 1 fully saturated rings. The van der Waals surface area contributed by atoms with Crippen LogP contribution in [0.15, 0.2) is 27.7 Å². The Balaban J connectivity index is 1.75. The third-order valence-corrected chi connectivity index (χ3v) is 4.26. The van der Waals surface area contributed by atoms with Gasteiger partial charge in [-0.2, -0.15) is 10.2 Å². The summed E-state index contributed by atoms with van der Waals surface area (Å²) in [6.07, 6.45) is 5.85. The largest absolute Gasteiger partial charge is 0.377 e. The Hall–Kier alpha value is -1.63. The van der Waals surface area contributed by atoms with Gasteiger partial charge in [0.15, 0.2) is 0 Å². The second kappa shape index (κ2) is 5.40. The van der Waals surface area contributed by atoms with Crippen molar-refractivity contribution in [2.45, 2.75) is 25.9 Å². The van der Waals surface area contributed by atoms with Crippen molar-refractivity contribution < 1.29 is 0 Å². The molecule has 6 nitrogen and oxygen atoms in total. The molecule has 7 heteroatoms. The van der Waals surface area contributed by atoms with Crippen LogP contribution in [-0.4, -0.2) is 19.6 Å². The SMILES string of the molecule is Cn1nccc1CNc1cnn(CC2CC2)c(=O)c1Br. The molecular formula is C13H16BrN5O. The molecule has 0 radical (unpaired) electrons. The van der Waals surface area contributed by atoms with Gasteiger partial charge in [0.05, 0.1) is 24.1 Å². The Bertz CT molecular complexity index is 674. The minimum Gasteiger partial charge on any atom is -0.377 e. The Morgan fingerprint density at radius 3 is 2.90 bits per heavy atom. The molecule has 1 aliphatic carbocycles. The van der Waals surface area contributed by atoms with Crippen LogP contribution in [0.5, 0.6) is 0 Å². The second-order valence-corrected chi connectivity index (χ2v) is 5.90. The van der Waals surface area contributed by atoms with Crippen molar-refractivity contribution in [3.05, 3.63) is 39.0 Å². The molecule has 0 saturated heterocycles. The Morgan fingerprint density at radius 1 is 1.45 bits per heavy atom. The fourth-order valence-corrected chi connectivity index (χ4v) is 2.47. The highest BCUT2D eigenvalue weighted by Gasteiger charge is 2.23. The predicted octanol–water partition coefficient (Wildman–Crippen LogP) is 1.76. The molecular weight excluding hydrogens is 322 g/mol. The van der Waals surface area contributed by atoms with Gasteiger partial charge in [0, 0.05) is 19.8 Å². The number of aromatic nitrogens is 4. The van der Waals surface area contributed by atoms with Gasteiger partial charge in [-0.25, -0.2) is 4.68 Å². The molecule has 2 heterocycles. The van der Waals surface area contributed by atoms with Gasteiger partial charge in [-0.1, -0.05) is 0 Å². The molecule has 0 atom stereocenters. The molecule has 0 unspecified atom stereocenters. The van der Waals surface area contributed by atoms with E-state index in [4.69, 9.17) is 0 Å². The summed E-state index contributed by atoms with van der Waals surface area (Å²) in [6.45, 7) is 1.32. The van der Waals surface area contributed by atoms with Gasteiger partial charge in [-0.3, -0.25) is 9.48 Å². The molecule has 3 rings (SSSR count). The highest BCUT2D eigenvalue weighted by atomic mass is 79.9. The van der Waals surface area contributed by atoms with E-state index >= 15 is 0 Å². The Labute approximate surface area is 124 Å². The van der Waals surface area contributed by atoms with Crippen molar-refractivity contribution in [2.24, 2.45) is 13.0 Å². The second-order valence-electron chi connectivity index (χ2n) is 5.10. The summed E-state index contributed by atoms with van der Waals surface area (Å²) < 4.78 is 3.87. The van der Waals surface area contributed by atoms with Gasteiger partial charge in [-0.05, 0) is 40.8 Å². The normalized spacial score (nSPS) is 14.5. The summed E-state index contributed by atoms with van der Waals surface area (Å²) in [6, 6.07) is 1.93. The fourth-order valence-electron chi connectivity index (χ4n) is 2.02. The van der Waals surface area contributed by atoms with Gasteiger partial charge >= 0.3 is 0 Å². The monoisotopic (exact) mass is 337 g/mol. The van der Waals surface area contributed by atoms with Crippen LogP contribution in [0.4, 0.5) is 5.69 Å². The first-order chi connectivity index (χ1) is 9.65. The maximum atomic E-state index is 12.2. The lowest BCUT2D eigenvalue weighted by molar-refractivity contribution is 0.532. The molecule has 106 valence electrons. The number of rotatable bonds is 5. The molecule has 0 aromatic carbocycles. The van der Waals surface area contributed by atoms with E-state index in [9.17, 15) is 4.79 Å². The zero-order valence-corrected chi connectivity index (χ0v) is 12.8. The first kappa shape index (κ1) is 13.4. The lowest BCUT2D eigenvalue weighted by atomic mass is 10.4. The summed E-state index contributed by atoms with van der Waals surface area (Å²) in [7, 11) is 1.89. The van der Waals surface area contributed by atoms with Crippen LogP contribution in [0.3, 0.4) is 0 Å². The maximum Gasteiger partial charge on any atom is 0.283 e. The fraction of sp³-hybridized carbons (Fsp3) is 0.462. The van der Waals surface area contributed by atoms with E-state index in [1.807, 2.05) is 13.1 Å². The van der Waals surface area contributed by atoms with Gasteiger partial charge in [-0.15, -0.1) is 0 Å². The zero-order valence-electron chi connectivity index (χ0n) is 11.2. The predicted molar refractivity (Wildman–Crippen MR) is 79.5 cm³/mol. The number of nitrogens with zero attached hydrogens (tertiary/aromatic N) is 4. The molecule has 1 aliphatic rings. The molecule has 0 spiro atoms. The third-order valence-electron chi connectivity index (χ3n) is 3.50. The topological polar surface area (TPSA) is 64.7 Å². The summed E-state index contributed by atoms with van der Waals surface area (Å²) in [5, 5.41) is 11.5. The zero-order chi connectivity index (χ0) is 14.1. The molecule has 1 N–H and O–H groups in total. The van der Waals surface area contributed by atoms with Crippen molar-refractivity contribution in [3.63, 3.8) is 0 Å². The van der Waals surface area contributed by atoms with Gasteiger partial charge in [0.25, 0.3) is 5.56 Å². The third kappa shape index (κ3) is 2.77. The molecule has 0 bridgehead atoms. The van der Waals surface area contributed by atoms with Gasteiger partial charge in [0.1, 0.15) is 4.47 Å². The summed E-state index contributed by atoms with van der Waals surface area (Å²) >= 11 is 3.37. The maximum absolute atomic E-state index is 12.2. The smallest absolute Gasteiger partial charge is 0.283 e. The van der Waals surface area contributed by atoms with Crippen LogP contribution >= 0.6 is 15.9 Å². The number of aryl methyl sites for hydroxylation is 1. The van der Waals surface area contributed by atoms with Crippen molar-refractivity contribution in [3.8, 4) is 0 Å². The van der Waals surface area contributed by atoms with Crippen LogP contribution in [0.25, 0.3) is 0 Å². The number of nitrogens with one attached hydrogen (secondary N) is 1. The van der Waals surface area contributed by atoms with Crippen LogP contribution in [0.2, 0.25) is 0 Å². The molecule has 2 aromatic heterocycles.